The minimum absolute atomic E-state index is 0.00781. The molecule has 19 heavy (non-hydrogen) atoms. The topological polar surface area (TPSA) is 44.4 Å². The lowest BCUT2D eigenvalue weighted by Crippen LogP contribution is -2.42. The average molecular weight is 265 g/mol. The van der Waals surface area contributed by atoms with Crippen LogP contribution in [0.15, 0.2) is 12.2 Å². The number of allylic oxidation sites excluding steroid dienone is 2. The minimum Gasteiger partial charge on any atom is -0.338 e. The number of urea groups is 1. The summed E-state index contributed by atoms with van der Waals surface area (Å²) in [6, 6.07) is -0.00781. The Labute approximate surface area is 116 Å². The summed E-state index contributed by atoms with van der Waals surface area (Å²) in [4.78, 5) is 14.1. The van der Waals surface area contributed by atoms with Crippen molar-refractivity contribution in [3.05, 3.63) is 12.2 Å². The largest absolute Gasteiger partial charge is 0.338 e. The van der Waals surface area contributed by atoms with Gasteiger partial charge >= 0.3 is 6.03 Å². The summed E-state index contributed by atoms with van der Waals surface area (Å²) in [7, 11) is 0. The zero-order valence-electron chi connectivity index (χ0n) is 11.9. The van der Waals surface area contributed by atoms with Gasteiger partial charge in [0.2, 0.25) is 0 Å². The third-order valence-electron chi connectivity index (χ3n) is 4.09. The van der Waals surface area contributed by atoms with Crippen molar-refractivity contribution < 1.29 is 4.79 Å². The molecule has 108 valence electrons. The summed E-state index contributed by atoms with van der Waals surface area (Å²) < 4.78 is 0. The molecule has 0 saturated carbocycles. The summed E-state index contributed by atoms with van der Waals surface area (Å²) in [5.74, 6) is 0.623. The molecule has 4 nitrogen and oxygen atoms in total. The number of amides is 2. The van der Waals surface area contributed by atoms with E-state index in [2.05, 4.69) is 27.7 Å². The molecule has 0 aromatic heterocycles. The van der Waals surface area contributed by atoms with Gasteiger partial charge in [-0.05, 0) is 51.1 Å². The van der Waals surface area contributed by atoms with Gasteiger partial charge in [0, 0.05) is 19.6 Å². The first kappa shape index (κ1) is 14.4. The third kappa shape index (κ3) is 5.64. The highest BCUT2D eigenvalue weighted by Gasteiger charge is 2.12. The predicted octanol–water partition coefficient (Wildman–Crippen LogP) is 2.13. The van der Waals surface area contributed by atoms with Crippen LogP contribution in [0.25, 0.3) is 0 Å². The second kappa shape index (κ2) is 8.20. The van der Waals surface area contributed by atoms with Crippen LogP contribution in [0.4, 0.5) is 4.79 Å². The molecule has 0 radical (unpaired) electrons. The van der Waals surface area contributed by atoms with E-state index in [-0.39, 0.29) is 6.03 Å². The van der Waals surface area contributed by atoms with E-state index < -0.39 is 0 Å². The van der Waals surface area contributed by atoms with Crippen LogP contribution in [0.3, 0.4) is 0 Å². The first-order valence-electron chi connectivity index (χ1n) is 7.73. The van der Waals surface area contributed by atoms with E-state index in [1.807, 2.05) is 0 Å². The van der Waals surface area contributed by atoms with Crippen molar-refractivity contribution in [2.45, 2.75) is 38.5 Å². The van der Waals surface area contributed by atoms with E-state index in [4.69, 9.17) is 0 Å². The van der Waals surface area contributed by atoms with Gasteiger partial charge in [-0.15, -0.1) is 0 Å². The lowest BCUT2D eigenvalue weighted by Gasteiger charge is -2.26. The Bertz CT molecular complexity index is 298. The molecule has 1 atom stereocenters. The highest BCUT2D eigenvalue weighted by Crippen LogP contribution is 2.16. The van der Waals surface area contributed by atoms with E-state index in [1.54, 1.807) is 0 Å². The Morgan fingerprint density at radius 3 is 2.74 bits per heavy atom. The number of hydrogen-bond donors (Lipinski definition) is 2. The standard InChI is InChI=1S/C15H27N3O/c19-15(17-13-14-7-3-1-4-8-14)16-9-12-18-10-5-2-6-11-18/h1,3,14H,2,4-13H2,(H2,16,17,19). The zero-order chi connectivity index (χ0) is 13.3. The molecule has 1 saturated heterocycles. The van der Waals surface area contributed by atoms with Gasteiger partial charge in [-0.3, -0.25) is 0 Å². The summed E-state index contributed by atoms with van der Waals surface area (Å²) in [6.07, 6.45) is 11.9. The Hall–Kier alpha value is -1.03. The predicted molar refractivity (Wildman–Crippen MR) is 78.2 cm³/mol. The number of nitrogens with zero attached hydrogens (tertiary/aromatic N) is 1. The van der Waals surface area contributed by atoms with Crippen molar-refractivity contribution in [3.63, 3.8) is 0 Å². The quantitative estimate of drug-likeness (QED) is 0.748. The number of rotatable bonds is 5. The Morgan fingerprint density at radius 1 is 1.16 bits per heavy atom. The smallest absolute Gasteiger partial charge is 0.314 e. The number of carbonyl (C=O) groups is 1. The second-order valence-corrected chi connectivity index (χ2v) is 5.69. The van der Waals surface area contributed by atoms with Gasteiger partial charge in [0.15, 0.2) is 0 Å². The van der Waals surface area contributed by atoms with Crippen molar-refractivity contribution in [2.24, 2.45) is 5.92 Å². The highest BCUT2D eigenvalue weighted by atomic mass is 16.2. The molecule has 2 aliphatic rings. The Balaban J connectivity index is 1.50. The highest BCUT2D eigenvalue weighted by molar-refractivity contribution is 5.73. The molecule has 0 bridgehead atoms. The summed E-state index contributed by atoms with van der Waals surface area (Å²) in [5.41, 5.74) is 0. The van der Waals surface area contributed by atoms with Crippen LogP contribution in [0.1, 0.15) is 38.5 Å². The maximum absolute atomic E-state index is 11.7. The molecule has 4 heteroatoms. The molecule has 1 unspecified atom stereocenters. The maximum Gasteiger partial charge on any atom is 0.314 e. The van der Waals surface area contributed by atoms with Crippen LogP contribution in [0.5, 0.6) is 0 Å². The van der Waals surface area contributed by atoms with E-state index >= 15 is 0 Å². The van der Waals surface area contributed by atoms with Gasteiger partial charge in [0.1, 0.15) is 0 Å². The van der Waals surface area contributed by atoms with Gasteiger partial charge in [-0.2, -0.15) is 0 Å². The van der Waals surface area contributed by atoms with Crippen molar-refractivity contribution in [3.8, 4) is 0 Å². The van der Waals surface area contributed by atoms with Gasteiger partial charge in [-0.25, -0.2) is 4.79 Å². The number of hydrogen-bond acceptors (Lipinski definition) is 2. The van der Waals surface area contributed by atoms with Crippen molar-refractivity contribution in [1.82, 2.24) is 15.5 Å². The average Bonchev–Trinajstić information content (AvgIpc) is 2.47. The lowest BCUT2D eigenvalue weighted by molar-refractivity contribution is 0.219. The van der Waals surface area contributed by atoms with E-state index in [0.717, 1.165) is 32.5 Å². The molecule has 0 spiro atoms. The van der Waals surface area contributed by atoms with Crippen LogP contribution in [-0.4, -0.2) is 43.7 Å². The number of piperidine rings is 1. The van der Waals surface area contributed by atoms with Crippen LogP contribution >= 0.6 is 0 Å². The molecule has 1 aliphatic carbocycles. The van der Waals surface area contributed by atoms with E-state index in [9.17, 15) is 4.79 Å². The van der Waals surface area contributed by atoms with Gasteiger partial charge in [0.25, 0.3) is 0 Å². The molecule has 2 rings (SSSR count). The second-order valence-electron chi connectivity index (χ2n) is 5.69. The van der Waals surface area contributed by atoms with E-state index in [1.165, 1.54) is 38.8 Å². The van der Waals surface area contributed by atoms with Crippen LogP contribution in [0, 0.1) is 5.92 Å². The number of likely N-dealkylation sites (tertiary alicyclic amines) is 1. The fraction of sp³-hybridized carbons (Fsp3) is 0.800. The Kier molecular flexibility index (Phi) is 6.21. The van der Waals surface area contributed by atoms with E-state index in [0.29, 0.717) is 5.92 Å². The van der Waals surface area contributed by atoms with Crippen LogP contribution in [-0.2, 0) is 0 Å². The summed E-state index contributed by atoms with van der Waals surface area (Å²) in [5, 5.41) is 5.95. The molecule has 1 fully saturated rings. The fourth-order valence-electron chi connectivity index (χ4n) is 2.85. The maximum atomic E-state index is 11.7. The van der Waals surface area contributed by atoms with Crippen LogP contribution in [0.2, 0.25) is 0 Å². The van der Waals surface area contributed by atoms with Gasteiger partial charge in [0.05, 0.1) is 0 Å². The molecular weight excluding hydrogens is 238 g/mol. The third-order valence-corrected chi connectivity index (χ3v) is 4.09. The fourth-order valence-corrected chi connectivity index (χ4v) is 2.85. The lowest BCUT2D eigenvalue weighted by atomic mass is 9.94. The SMILES string of the molecule is O=C(NCCN1CCCCC1)NCC1CC=CCC1. The van der Waals surface area contributed by atoms with Gasteiger partial charge in [-0.1, -0.05) is 18.6 Å². The molecule has 1 heterocycles. The molecule has 1 aliphatic heterocycles. The molecular formula is C15H27N3O. The van der Waals surface area contributed by atoms with Crippen molar-refractivity contribution >= 4 is 6.03 Å². The van der Waals surface area contributed by atoms with Crippen LogP contribution < -0.4 is 10.6 Å². The molecule has 2 amide bonds. The van der Waals surface area contributed by atoms with Crippen molar-refractivity contribution in [2.75, 3.05) is 32.7 Å². The number of nitrogens with one attached hydrogen (secondary N) is 2. The monoisotopic (exact) mass is 265 g/mol. The first-order valence-corrected chi connectivity index (χ1v) is 7.73. The summed E-state index contributed by atoms with van der Waals surface area (Å²) >= 11 is 0. The first-order chi connectivity index (χ1) is 9.34. The zero-order valence-corrected chi connectivity index (χ0v) is 11.9. The molecule has 2 N–H and O–H groups in total. The normalized spacial score (nSPS) is 24.1. The van der Waals surface area contributed by atoms with Gasteiger partial charge < -0.3 is 15.5 Å². The number of carbonyl (C=O) groups excluding carboxylic acids is 1. The Morgan fingerprint density at radius 2 is 2.00 bits per heavy atom. The minimum atomic E-state index is -0.00781. The summed E-state index contributed by atoms with van der Waals surface area (Å²) in [6.45, 7) is 4.94. The van der Waals surface area contributed by atoms with Crippen molar-refractivity contribution in [1.29, 1.82) is 0 Å². The molecule has 0 aromatic rings. The molecule has 0 aromatic carbocycles.